The van der Waals surface area contributed by atoms with Gasteiger partial charge in [-0.05, 0) is 242 Å². The average Bonchev–Trinajstić information content (AvgIpc) is 0.753. The van der Waals surface area contributed by atoms with Crippen molar-refractivity contribution in [3.05, 3.63) is 259 Å². The Morgan fingerprint density at radius 2 is 0.774 bits per heavy atom. The maximum absolute atomic E-state index is 12.6. The zero-order chi connectivity index (χ0) is 90.5. The van der Waals surface area contributed by atoms with Gasteiger partial charge in [0.05, 0.1) is 45.6 Å². The largest absolute Gasteiger partial charge is 0.504 e. The van der Waals surface area contributed by atoms with E-state index in [2.05, 4.69) is 72.7 Å². The van der Waals surface area contributed by atoms with E-state index in [1.807, 2.05) is 51.3 Å². The maximum Gasteiger partial charge on any atom is 0.263 e. The molecule has 0 saturated carbocycles. The third-order valence-electron chi connectivity index (χ3n) is 16.8. The van der Waals surface area contributed by atoms with Gasteiger partial charge in [-0.15, -0.1) is 45.3 Å². The number of hydrogen-bond donors (Lipinski definition) is 20. The van der Waals surface area contributed by atoms with Crippen LogP contribution in [-0.2, 0) is 14.6 Å². The monoisotopic (exact) mass is 2190 g/mol. The van der Waals surface area contributed by atoms with Gasteiger partial charge in [-0.3, -0.25) is 24.0 Å². The number of fused-ring (bicyclic) bond motifs is 5. The van der Waals surface area contributed by atoms with E-state index in [1.165, 1.54) is 97.6 Å². The molecule has 5 aromatic carbocycles. The molecular weight excluding hydrogens is 2140 g/mol. The first-order valence-corrected chi connectivity index (χ1v) is 43.1. The molecule has 15 rings (SSSR count). The number of aliphatic hydroxyl groups is 2. The summed E-state index contributed by atoms with van der Waals surface area (Å²) in [5.41, 5.74) is 1.10. The Kier molecular flexibility index (Phi) is 28.1. The Bertz CT molecular complexity index is 6940. The Balaban J connectivity index is 0.000000151. The minimum atomic E-state index is -4.30. The zero-order valence-electron chi connectivity index (χ0n) is 61.2. The highest BCUT2D eigenvalue weighted by Crippen LogP contribution is 2.45. The minimum Gasteiger partial charge on any atom is -0.504 e. The molecule has 0 saturated heterocycles. The van der Waals surface area contributed by atoms with E-state index >= 15 is 0 Å². The van der Waals surface area contributed by atoms with Gasteiger partial charge in [0.15, 0.2) is 120 Å². The molecule has 0 amide bonds. The predicted molar refractivity (Wildman–Crippen MR) is 490 cm³/mol. The van der Waals surface area contributed by atoms with Gasteiger partial charge in [-0.1, -0.05) is 24.3 Å². The quantitative estimate of drug-likeness (QED) is 0.0343. The molecule has 0 radical (unpaired) electrons. The number of hydrogen-bond acceptors (Lipinski definition) is 37. The molecule has 124 heavy (non-hydrogen) atoms. The van der Waals surface area contributed by atoms with Gasteiger partial charge in [0.1, 0.15) is 31.0 Å². The van der Waals surface area contributed by atoms with Crippen LogP contribution in [0.25, 0.3) is 95.9 Å². The number of nitriles is 1. The molecule has 0 atom stereocenters. The standard InChI is InChI=1S/C17H9IN2O5S.C16H10BrNO7S.2C16H10BrNO5S.C16H10INO5S/c18-10-2-7(3-11(21)13(10)23)1-8(5-19)17-20-6-9-4-12(22)14(24)15(25)16(9)26-17;17-9-3-7(4-10(19)13(9)21)1-2-12-18-6-8-5-11(20)14(22)15(23)16(8)26(12,24)25;17-12-7(1-3-9(19)13(12)21)2-4-11-18-6-8-5-10(20)14(22)15(23)16(8)24-11;2*17-9-3-7(4-10(19)13(9)21)1-2-12-18-6-8-5-11(20)14(22)15(23)16(8)24-12/h1-4,6,21-23,25H;1-6,19-21,23H;3*1-6,19-21,23H/b8-1+;2-1+;4-2+;2*2-1+. The predicted octanol–water partition coefficient (Wildman–Crippen LogP) is 15.4. The summed E-state index contributed by atoms with van der Waals surface area (Å²) < 4.78 is 27.0. The number of phenols is 18. The van der Waals surface area contributed by atoms with Gasteiger partial charge in [0.2, 0.25) is 9.84 Å². The van der Waals surface area contributed by atoms with E-state index in [-0.39, 0.29) is 77.2 Å². The number of allylic oxidation sites excluding steroid dienone is 3. The van der Waals surface area contributed by atoms with E-state index in [1.54, 1.807) is 60.7 Å². The van der Waals surface area contributed by atoms with E-state index in [0.29, 0.717) is 95.8 Å². The molecule has 5 heterocycles. The number of benzene rings is 9. The lowest BCUT2D eigenvalue weighted by Crippen LogP contribution is -2.25. The van der Waals surface area contributed by atoms with Crippen molar-refractivity contribution >= 4 is 213 Å². The fourth-order valence-corrected chi connectivity index (χ4v) is 18.3. The number of rotatable bonds is 10. The molecule has 20 N–H and O–H groups in total. The number of sulfone groups is 1. The number of aromatic nitrogens is 4. The number of Topliss-reactive ketones (excluding diaryl/α,β-unsaturated/α-hetero) is 1. The number of halogens is 5. The highest BCUT2D eigenvalue weighted by Gasteiger charge is 2.38. The van der Waals surface area contributed by atoms with Crippen molar-refractivity contribution in [2.24, 2.45) is 4.99 Å². The van der Waals surface area contributed by atoms with Crippen LogP contribution >= 0.6 is 138 Å². The molecule has 10 aliphatic rings. The van der Waals surface area contributed by atoms with Gasteiger partial charge in [-0.2, -0.15) is 5.26 Å². The normalized spacial score (nSPS) is 13.0. The summed E-state index contributed by atoms with van der Waals surface area (Å²) in [5, 5.41) is 203. The molecule has 0 fully saturated rings. The van der Waals surface area contributed by atoms with Crippen LogP contribution in [0, 0.1) is 18.5 Å². The summed E-state index contributed by atoms with van der Waals surface area (Å²) in [6.07, 6.45) is 21.5. The summed E-state index contributed by atoms with van der Waals surface area (Å²) in [6.45, 7) is 0. The summed E-state index contributed by atoms with van der Waals surface area (Å²) in [7, 11) is -4.30. The van der Waals surface area contributed by atoms with Crippen LogP contribution in [-0.4, -0.2) is 141 Å². The fourth-order valence-electron chi connectivity index (χ4n) is 10.7. The topological polar surface area (TPSA) is 612 Å². The van der Waals surface area contributed by atoms with E-state index in [4.69, 9.17) is 0 Å². The van der Waals surface area contributed by atoms with Crippen molar-refractivity contribution in [3.63, 3.8) is 0 Å². The highest BCUT2D eigenvalue weighted by molar-refractivity contribution is 14.1. The molecule has 630 valence electrons. The number of carbonyl (C=O) groups is 1. The summed E-state index contributed by atoms with van der Waals surface area (Å²) >= 11 is 17.3. The zero-order valence-corrected chi connectivity index (χ0v) is 74.3. The number of carbonyl (C=O) groups excluding carboxylic acids is 1. The Morgan fingerprint density at radius 1 is 0.403 bits per heavy atom. The number of aromatic hydroxyl groups is 18. The van der Waals surface area contributed by atoms with Crippen LogP contribution < -0.4 is 21.7 Å². The van der Waals surface area contributed by atoms with Crippen molar-refractivity contribution in [1.82, 2.24) is 19.9 Å². The number of aliphatic imine (C=N–C) groups is 1. The SMILES string of the molecule is N#C/C(=C\c1cc(O)c(O)c(I)c1)c1ncc2cc(O)c(=O)c(O)c-2s1.O=C1C(O)=CC2=CN=C(/C=C/c3cc(O)c(O)c(Br)c3)S(=O)(=O)C2=C1O.O=c1c(O)cc2cnc(/C=C/c3cc(O)c(O)c(Br)c3)sc-2c1O.O=c1c(O)cc2cnc(/C=C/c3cc(O)c(O)c(I)c3)sc-2c1O.O=c1c(O)cc2cnc(/C=C/c3ccc(O)c(O)c3Br)sc-2c1O. The number of ketones is 1. The second-order valence-electron chi connectivity index (χ2n) is 25.1. The molecule has 0 aromatic heterocycles. The van der Waals surface area contributed by atoms with Crippen molar-refractivity contribution in [2.45, 2.75) is 0 Å². The number of nitrogens with zero attached hydrogens (tertiary/aromatic N) is 6. The Hall–Kier alpha value is -13.2. The first kappa shape index (κ1) is 91.6. The lowest BCUT2D eigenvalue weighted by Gasteiger charge is -2.18. The lowest BCUT2D eigenvalue weighted by atomic mass is 10.1. The lowest BCUT2D eigenvalue weighted by molar-refractivity contribution is -0.117. The fraction of sp³-hybridized carbons (Fsp3) is 0. The van der Waals surface area contributed by atoms with Crippen LogP contribution in [0.15, 0.2) is 188 Å². The van der Waals surface area contributed by atoms with Crippen LogP contribution in [0.5, 0.6) is 103 Å². The van der Waals surface area contributed by atoms with E-state index in [0.717, 1.165) is 63.7 Å². The average molecular weight is 2190 g/mol. The van der Waals surface area contributed by atoms with Crippen LogP contribution in [0.1, 0.15) is 47.8 Å². The van der Waals surface area contributed by atoms with Crippen LogP contribution in [0.3, 0.4) is 0 Å². The Morgan fingerprint density at radius 3 is 1.19 bits per heavy atom. The molecule has 33 nitrogen and oxygen atoms in total. The van der Waals surface area contributed by atoms with Gasteiger partial charge in [0, 0.05) is 58.8 Å². The smallest absolute Gasteiger partial charge is 0.263 e. The summed E-state index contributed by atoms with van der Waals surface area (Å²) in [5.74, 6) is -10.1. The van der Waals surface area contributed by atoms with Gasteiger partial charge < -0.3 is 102 Å². The number of phenolic OH excluding ortho intramolecular Hbond substituents is 18. The van der Waals surface area contributed by atoms with Crippen LogP contribution in [0.4, 0.5) is 0 Å². The molecule has 0 spiro atoms. The molecule has 5 aliphatic carbocycles. The van der Waals surface area contributed by atoms with Crippen molar-refractivity contribution in [2.75, 3.05) is 0 Å². The summed E-state index contributed by atoms with van der Waals surface area (Å²) in [4.78, 5) is 79.1. The third-order valence-corrected chi connectivity index (χ3v) is 26.7. The molecule has 0 unspecified atom stereocenters. The van der Waals surface area contributed by atoms with Crippen molar-refractivity contribution in [3.8, 4) is 151 Å². The second kappa shape index (κ2) is 38.1. The molecule has 5 aromatic rings. The molecule has 0 bridgehead atoms. The number of aliphatic hydroxyl groups excluding tert-OH is 2. The Labute approximate surface area is 762 Å². The minimum absolute atomic E-state index is 0.109. The van der Waals surface area contributed by atoms with Crippen molar-refractivity contribution in [1.29, 1.82) is 5.26 Å². The first-order chi connectivity index (χ1) is 58.5. The van der Waals surface area contributed by atoms with Gasteiger partial charge in [-0.25, -0.2) is 33.3 Å². The van der Waals surface area contributed by atoms with E-state index in [9.17, 15) is 140 Å². The van der Waals surface area contributed by atoms with Crippen LogP contribution in [0.2, 0.25) is 0 Å². The second-order valence-corrected chi connectivity index (χ2v) is 35.9. The highest BCUT2D eigenvalue weighted by atomic mass is 127. The maximum atomic E-state index is 12.6. The molecule has 43 heteroatoms. The van der Waals surface area contributed by atoms with E-state index < -0.39 is 111 Å². The van der Waals surface area contributed by atoms with Gasteiger partial charge >= 0.3 is 0 Å². The van der Waals surface area contributed by atoms with Gasteiger partial charge in [0.25, 0.3) is 27.5 Å². The summed E-state index contributed by atoms with van der Waals surface area (Å²) in [6, 6.07) is 21.5. The third kappa shape index (κ3) is 20.1. The first-order valence-electron chi connectivity index (χ1n) is 33.8. The molecule has 5 aliphatic heterocycles. The molecular formula is C81H49Br3I2N6O27S5. The van der Waals surface area contributed by atoms with Crippen molar-refractivity contribution < 1.29 is 115 Å².